The van der Waals surface area contributed by atoms with Crippen molar-refractivity contribution in [2.24, 2.45) is 5.73 Å². The summed E-state index contributed by atoms with van der Waals surface area (Å²) < 4.78 is 27.8. The molecule has 2 aliphatic rings. The Kier molecular flexibility index (Phi) is 13.5. The summed E-state index contributed by atoms with van der Waals surface area (Å²) in [4.78, 5) is 24.3. The van der Waals surface area contributed by atoms with Crippen molar-refractivity contribution in [1.29, 1.82) is 0 Å². The number of hydrogen-bond acceptors (Lipinski definition) is 13. The van der Waals surface area contributed by atoms with Gasteiger partial charge >= 0.3 is 0 Å². The highest BCUT2D eigenvalue weighted by atomic mass is 16.7. The Hall–Kier alpha value is -1.50. The summed E-state index contributed by atoms with van der Waals surface area (Å²) in [6.07, 6.45) is -9.80. The van der Waals surface area contributed by atoms with Crippen LogP contribution < -0.4 is 16.4 Å². The Balaban J connectivity index is 2.20. The Morgan fingerprint density at radius 3 is 2.32 bits per heavy atom. The quantitative estimate of drug-likeness (QED) is 0.0977. The van der Waals surface area contributed by atoms with Crippen LogP contribution in [0.25, 0.3) is 0 Å². The van der Waals surface area contributed by atoms with Gasteiger partial charge in [-0.3, -0.25) is 9.59 Å². The standard InChI is InChI=1S/C22H41N3O12/c1-3-24-13(28)5-4-6-14(29)25-16-18(31)19(33-2)12(10-34-8-7-26)36-22(16)37-20-11(9-27)35-21(32)15(23)17(20)30/h11-12,15-22,26-27,30-32H,3-10,23H2,1-2H3,(H,24,28)(H,25,29)/t11?,12?,15?,16?,17-,18-,19-,20-,21-,22+/m1/s1. The van der Waals surface area contributed by atoms with Gasteiger partial charge in [-0.25, -0.2) is 0 Å². The van der Waals surface area contributed by atoms with Crippen LogP contribution in [0.3, 0.4) is 0 Å². The van der Waals surface area contributed by atoms with Crippen LogP contribution in [-0.4, -0.2) is 139 Å². The van der Waals surface area contributed by atoms with Gasteiger partial charge in [0.05, 0.1) is 32.5 Å². The third-order valence-electron chi connectivity index (χ3n) is 6.18. The molecule has 10 atom stereocenters. The summed E-state index contributed by atoms with van der Waals surface area (Å²) in [5.41, 5.74) is 5.79. The number of nitrogens with two attached hydrogens (primary N) is 1. The number of carbonyl (C=O) groups excluding carboxylic acids is 2. The molecule has 216 valence electrons. The molecule has 0 aromatic rings. The Morgan fingerprint density at radius 2 is 1.70 bits per heavy atom. The molecule has 15 nitrogen and oxygen atoms in total. The van der Waals surface area contributed by atoms with E-state index >= 15 is 0 Å². The maximum atomic E-state index is 12.7. The summed E-state index contributed by atoms with van der Waals surface area (Å²) in [7, 11) is 1.34. The van der Waals surface area contributed by atoms with Crippen LogP contribution in [0.1, 0.15) is 26.2 Å². The lowest BCUT2D eigenvalue weighted by atomic mass is 9.94. The van der Waals surface area contributed by atoms with E-state index in [0.29, 0.717) is 6.54 Å². The normalized spacial score (nSPS) is 36.2. The molecule has 37 heavy (non-hydrogen) atoms. The number of amides is 2. The molecule has 9 N–H and O–H groups in total. The number of carbonyl (C=O) groups is 2. The molecule has 2 aliphatic heterocycles. The predicted octanol–water partition coefficient (Wildman–Crippen LogP) is -4.33. The number of aliphatic hydroxyl groups is 5. The minimum Gasteiger partial charge on any atom is -0.394 e. The first-order valence-electron chi connectivity index (χ1n) is 12.3. The van der Waals surface area contributed by atoms with Crippen molar-refractivity contribution in [3.63, 3.8) is 0 Å². The van der Waals surface area contributed by atoms with Crippen LogP contribution >= 0.6 is 0 Å². The second-order valence-electron chi connectivity index (χ2n) is 8.85. The second-order valence-corrected chi connectivity index (χ2v) is 8.85. The molecule has 0 aliphatic carbocycles. The van der Waals surface area contributed by atoms with Crippen LogP contribution in [0.15, 0.2) is 0 Å². The van der Waals surface area contributed by atoms with E-state index in [2.05, 4.69) is 10.6 Å². The van der Waals surface area contributed by atoms with E-state index in [4.69, 9.17) is 34.5 Å². The molecular weight excluding hydrogens is 498 g/mol. The topological polar surface area (TPSA) is 232 Å². The van der Waals surface area contributed by atoms with E-state index in [9.17, 15) is 30.0 Å². The van der Waals surface area contributed by atoms with Crippen LogP contribution in [0, 0.1) is 0 Å². The zero-order chi connectivity index (χ0) is 27.5. The largest absolute Gasteiger partial charge is 0.394 e. The van der Waals surface area contributed by atoms with Crippen molar-refractivity contribution in [2.45, 2.75) is 87.5 Å². The summed E-state index contributed by atoms with van der Waals surface area (Å²) in [6, 6.07) is -2.47. The molecule has 0 aromatic carbocycles. The van der Waals surface area contributed by atoms with Gasteiger partial charge in [-0.15, -0.1) is 0 Å². The highest BCUT2D eigenvalue weighted by Crippen LogP contribution is 2.29. The van der Waals surface area contributed by atoms with Gasteiger partial charge in [0, 0.05) is 26.5 Å². The smallest absolute Gasteiger partial charge is 0.220 e. The van der Waals surface area contributed by atoms with E-state index in [1.54, 1.807) is 6.92 Å². The van der Waals surface area contributed by atoms with Crippen LogP contribution in [0.4, 0.5) is 0 Å². The molecule has 2 fully saturated rings. The molecule has 0 aromatic heterocycles. The van der Waals surface area contributed by atoms with Crippen molar-refractivity contribution in [1.82, 2.24) is 10.6 Å². The van der Waals surface area contributed by atoms with E-state index in [0.717, 1.165) is 0 Å². The first-order chi connectivity index (χ1) is 17.7. The molecule has 0 spiro atoms. The average Bonchev–Trinajstić information content (AvgIpc) is 2.86. The third kappa shape index (κ3) is 8.76. The Morgan fingerprint density at radius 1 is 1.00 bits per heavy atom. The van der Waals surface area contributed by atoms with Crippen molar-refractivity contribution in [3.8, 4) is 0 Å². The molecule has 2 rings (SSSR count). The first kappa shape index (κ1) is 31.7. The van der Waals surface area contributed by atoms with Crippen molar-refractivity contribution < 1.29 is 58.8 Å². The third-order valence-corrected chi connectivity index (χ3v) is 6.18. The molecule has 0 radical (unpaired) electrons. The van der Waals surface area contributed by atoms with Gasteiger partial charge in [0.25, 0.3) is 0 Å². The van der Waals surface area contributed by atoms with Crippen LogP contribution in [0.2, 0.25) is 0 Å². The summed E-state index contributed by atoms with van der Waals surface area (Å²) in [5.74, 6) is -0.691. The maximum Gasteiger partial charge on any atom is 0.220 e. The van der Waals surface area contributed by atoms with Gasteiger partial charge in [0.1, 0.15) is 42.7 Å². The van der Waals surface area contributed by atoms with E-state index in [-0.39, 0.29) is 45.0 Å². The van der Waals surface area contributed by atoms with Gasteiger partial charge in [-0.2, -0.15) is 0 Å². The Labute approximate surface area is 215 Å². The number of hydrogen-bond donors (Lipinski definition) is 8. The fourth-order valence-electron chi connectivity index (χ4n) is 4.26. The van der Waals surface area contributed by atoms with E-state index in [1.807, 2.05) is 0 Å². The van der Waals surface area contributed by atoms with E-state index in [1.165, 1.54) is 7.11 Å². The maximum absolute atomic E-state index is 12.7. The van der Waals surface area contributed by atoms with Crippen molar-refractivity contribution >= 4 is 11.8 Å². The number of nitrogens with one attached hydrogen (secondary N) is 2. The SMILES string of the molecule is CCNC(=O)CCCC(=O)NC1[C@H](O[C@@H]2C(CO)O[C@@H](O)C(N)[C@H]2O)OC(COCCO)[C@@H](OC)[C@@H]1O. The molecule has 2 heterocycles. The molecule has 15 heteroatoms. The van der Waals surface area contributed by atoms with Crippen molar-refractivity contribution in [2.75, 3.05) is 40.1 Å². The highest BCUT2D eigenvalue weighted by molar-refractivity contribution is 5.79. The number of rotatable bonds is 14. The molecular formula is C22H41N3O12. The fourth-order valence-corrected chi connectivity index (χ4v) is 4.26. The van der Waals surface area contributed by atoms with E-state index < -0.39 is 73.8 Å². The minimum absolute atomic E-state index is 0.00179. The van der Waals surface area contributed by atoms with Gasteiger partial charge < -0.3 is 65.6 Å². The van der Waals surface area contributed by atoms with Gasteiger partial charge in [-0.1, -0.05) is 0 Å². The summed E-state index contributed by atoms with van der Waals surface area (Å²) in [5, 5.41) is 55.6. The lowest BCUT2D eigenvalue weighted by molar-refractivity contribution is -0.328. The minimum atomic E-state index is -1.55. The fraction of sp³-hybridized carbons (Fsp3) is 0.909. The molecule has 2 saturated heterocycles. The van der Waals surface area contributed by atoms with Gasteiger partial charge in [-0.05, 0) is 13.3 Å². The molecule has 0 bridgehead atoms. The zero-order valence-electron chi connectivity index (χ0n) is 21.1. The summed E-state index contributed by atoms with van der Waals surface area (Å²) >= 11 is 0. The number of aliphatic hydroxyl groups excluding tert-OH is 5. The highest BCUT2D eigenvalue weighted by Gasteiger charge is 2.51. The number of methoxy groups -OCH3 is 1. The zero-order valence-corrected chi connectivity index (χ0v) is 21.1. The van der Waals surface area contributed by atoms with Gasteiger partial charge in [0.2, 0.25) is 11.8 Å². The lowest BCUT2D eigenvalue weighted by Gasteiger charge is -2.47. The molecule has 0 saturated carbocycles. The Bertz CT molecular complexity index is 702. The molecule has 4 unspecified atom stereocenters. The molecule has 2 amide bonds. The first-order valence-corrected chi connectivity index (χ1v) is 12.3. The van der Waals surface area contributed by atoms with Crippen molar-refractivity contribution in [3.05, 3.63) is 0 Å². The summed E-state index contributed by atoms with van der Waals surface area (Å²) in [6.45, 7) is 1.27. The van der Waals surface area contributed by atoms with Crippen LogP contribution in [0.5, 0.6) is 0 Å². The monoisotopic (exact) mass is 539 g/mol. The van der Waals surface area contributed by atoms with Gasteiger partial charge in [0.15, 0.2) is 12.6 Å². The van der Waals surface area contributed by atoms with Crippen LogP contribution in [-0.2, 0) is 33.3 Å². The predicted molar refractivity (Wildman–Crippen MR) is 125 cm³/mol. The average molecular weight is 540 g/mol. The lowest BCUT2D eigenvalue weighted by Crippen LogP contribution is -2.68. The number of ether oxygens (including phenoxy) is 5. The second kappa shape index (κ2) is 15.8.